The van der Waals surface area contributed by atoms with Crippen molar-refractivity contribution in [3.8, 4) is 33.4 Å². The Balaban J connectivity index is 1.21. The van der Waals surface area contributed by atoms with Crippen LogP contribution in [0, 0.1) is 0 Å². The van der Waals surface area contributed by atoms with Gasteiger partial charge in [0, 0.05) is 33.5 Å². The third-order valence-corrected chi connectivity index (χ3v) is 18.2. The molecule has 2 aliphatic carbocycles. The summed E-state index contributed by atoms with van der Waals surface area (Å²) in [6.45, 7) is 34.2. The van der Waals surface area contributed by atoms with E-state index in [0.717, 1.165) is 30.7 Å². The number of nitrogens with zero attached hydrogens (tertiary/aromatic N) is 2. The fourth-order valence-electron chi connectivity index (χ4n) is 13.3. The van der Waals surface area contributed by atoms with Crippen molar-refractivity contribution in [1.29, 1.82) is 0 Å². The molecule has 8 aromatic rings. The number of anilines is 4. The molecule has 4 heteroatoms. The quantitative estimate of drug-likeness (QED) is 0.160. The van der Waals surface area contributed by atoms with Crippen LogP contribution >= 0.6 is 0 Å². The van der Waals surface area contributed by atoms with Gasteiger partial charge in [0.05, 0.1) is 6.54 Å². The average molecular weight is 959 g/mol. The molecule has 0 saturated heterocycles. The van der Waals surface area contributed by atoms with Gasteiger partial charge in [-0.15, -0.1) is 0 Å². The van der Waals surface area contributed by atoms with E-state index in [1.807, 2.05) is 0 Å². The summed E-state index contributed by atoms with van der Waals surface area (Å²) in [5, 5.41) is 1.23. The Bertz CT molecular complexity index is 3520. The summed E-state index contributed by atoms with van der Waals surface area (Å²) >= 11 is 0. The smallest absolute Gasteiger partial charge is 0.337 e. The van der Waals surface area contributed by atoms with E-state index in [1.54, 1.807) is 0 Å². The largest absolute Gasteiger partial charge is 0.441 e. The van der Waals surface area contributed by atoms with E-state index in [-0.39, 0.29) is 39.3 Å². The molecular weight excluding hydrogens is 884 g/mol. The van der Waals surface area contributed by atoms with Crippen LogP contribution in [-0.2, 0) is 39.0 Å². The zero-order valence-electron chi connectivity index (χ0n) is 46.2. The average Bonchev–Trinajstić information content (AvgIpc) is 3.75. The lowest BCUT2D eigenvalue weighted by Gasteiger charge is -2.46. The second-order valence-corrected chi connectivity index (χ2v) is 27.1. The molecule has 7 aromatic carbocycles. The fraction of sp³-hybridized carbons (Fsp3) is 0.362. The van der Waals surface area contributed by atoms with Gasteiger partial charge < -0.3 is 14.1 Å². The maximum atomic E-state index is 7.70. The summed E-state index contributed by atoms with van der Waals surface area (Å²) in [5.74, 6) is 0.954. The fourth-order valence-corrected chi connectivity index (χ4v) is 13.3. The Morgan fingerprint density at radius 2 is 1.04 bits per heavy atom. The number of rotatable bonds is 5. The standard InChI is InChI=1S/C69H75BN2O/c1-64(2,3)47-27-25-46(50(36-47)44-23-19-16-20-24-44)42-71-59-38-48(65(4,5)6)37-52-51-35-45(43-21-17-15-18-22-43)26-30-58(51)72(49-28-29-54-55(39-49)67(9,10)32-31-66(54,7)8)70(61(52)59)62-53-40-56-57(41-60(53)73-63(62)71)69(13,14)34-33-68(56,11)12/h15-30,35-41H,31-34,42H2,1-14H3. The Labute approximate surface area is 437 Å². The predicted octanol–water partition coefficient (Wildman–Crippen LogP) is 17.6. The highest BCUT2D eigenvalue weighted by Gasteiger charge is 2.50. The summed E-state index contributed by atoms with van der Waals surface area (Å²) in [5.41, 5.74) is 24.6. The molecule has 3 nitrogen and oxygen atoms in total. The minimum atomic E-state index is -0.172. The molecule has 370 valence electrons. The third kappa shape index (κ3) is 7.66. The van der Waals surface area contributed by atoms with Gasteiger partial charge in [-0.2, -0.15) is 0 Å². The zero-order valence-corrected chi connectivity index (χ0v) is 46.2. The van der Waals surface area contributed by atoms with Gasteiger partial charge in [0.1, 0.15) is 5.58 Å². The van der Waals surface area contributed by atoms with E-state index >= 15 is 0 Å². The lowest BCUT2D eigenvalue weighted by atomic mass is 9.43. The van der Waals surface area contributed by atoms with E-state index in [9.17, 15) is 0 Å². The molecule has 0 radical (unpaired) electrons. The minimum Gasteiger partial charge on any atom is -0.441 e. The van der Waals surface area contributed by atoms with Crippen molar-refractivity contribution < 1.29 is 4.42 Å². The first-order valence-electron chi connectivity index (χ1n) is 27.3. The molecule has 0 unspecified atom stereocenters. The van der Waals surface area contributed by atoms with E-state index in [0.29, 0.717) is 6.54 Å². The number of benzene rings is 7. The second-order valence-electron chi connectivity index (χ2n) is 27.1. The maximum Gasteiger partial charge on any atom is 0.337 e. The van der Waals surface area contributed by atoms with E-state index < -0.39 is 0 Å². The highest BCUT2D eigenvalue weighted by molar-refractivity contribution is 6.95. The SMILES string of the molecule is CC(C)(C)c1ccc(CN2c3cc(C(C)(C)C)cc4c3B(c3c2oc2cc5c(cc32)C(C)(C)CCC5(C)C)N(c2ccc3c(c2)C(C)(C)CCC3(C)C)c2ccc(-c3ccccc3)cc2-4)c(-c2ccccc2)c1. The highest BCUT2D eigenvalue weighted by atomic mass is 16.4. The molecule has 1 aromatic heterocycles. The Kier molecular flexibility index (Phi) is 10.5. The van der Waals surface area contributed by atoms with Crippen molar-refractivity contribution in [3.63, 3.8) is 0 Å². The van der Waals surface area contributed by atoms with Crippen LogP contribution in [0.4, 0.5) is 22.9 Å². The highest BCUT2D eigenvalue weighted by Crippen LogP contribution is 2.54. The molecule has 0 saturated carbocycles. The van der Waals surface area contributed by atoms with E-state index in [4.69, 9.17) is 4.42 Å². The summed E-state index contributed by atoms with van der Waals surface area (Å²) in [6, 6.07) is 54.2. The number of furan rings is 1. The van der Waals surface area contributed by atoms with Gasteiger partial charge in [-0.25, -0.2) is 0 Å². The summed E-state index contributed by atoms with van der Waals surface area (Å²) in [4.78, 5) is 5.33. The lowest BCUT2D eigenvalue weighted by molar-refractivity contribution is 0.332. The third-order valence-electron chi connectivity index (χ3n) is 18.2. The predicted molar refractivity (Wildman–Crippen MR) is 313 cm³/mol. The molecule has 0 fully saturated rings. The number of fused-ring (bicyclic) bond motifs is 8. The van der Waals surface area contributed by atoms with Crippen LogP contribution in [0.2, 0.25) is 0 Å². The maximum absolute atomic E-state index is 7.70. The molecule has 0 spiro atoms. The molecule has 0 amide bonds. The minimum absolute atomic E-state index is 0.00973. The van der Waals surface area contributed by atoms with Gasteiger partial charge in [0.2, 0.25) is 0 Å². The van der Waals surface area contributed by atoms with Gasteiger partial charge in [-0.3, -0.25) is 0 Å². The second kappa shape index (κ2) is 16.1. The van der Waals surface area contributed by atoms with Gasteiger partial charge >= 0.3 is 6.85 Å². The first-order chi connectivity index (χ1) is 34.4. The summed E-state index contributed by atoms with van der Waals surface area (Å²) < 4.78 is 7.70. The molecular formula is C69H75BN2O. The molecule has 3 heterocycles. The number of hydrogen-bond acceptors (Lipinski definition) is 3. The van der Waals surface area contributed by atoms with Crippen molar-refractivity contribution >= 4 is 51.7 Å². The molecule has 73 heavy (non-hydrogen) atoms. The van der Waals surface area contributed by atoms with Crippen molar-refractivity contribution in [2.75, 3.05) is 9.71 Å². The molecule has 2 aliphatic heterocycles. The van der Waals surface area contributed by atoms with Gasteiger partial charge in [0.25, 0.3) is 0 Å². The van der Waals surface area contributed by atoms with Gasteiger partial charge in [-0.05, 0) is 173 Å². The molecule has 4 aliphatic rings. The van der Waals surface area contributed by atoms with Crippen LogP contribution in [0.5, 0.6) is 0 Å². The van der Waals surface area contributed by atoms with Gasteiger partial charge in [-0.1, -0.05) is 194 Å². The van der Waals surface area contributed by atoms with Crippen LogP contribution in [0.25, 0.3) is 44.3 Å². The summed E-state index contributed by atoms with van der Waals surface area (Å²) in [6.07, 6.45) is 4.63. The van der Waals surface area contributed by atoms with Crippen molar-refractivity contribution in [1.82, 2.24) is 0 Å². The molecule has 0 N–H and O–H groups in total. The summed E-state index contributed by atoms with van der Waals surface area (Å²) in [7, 11) is 0. The molecule has 0 atom stereocenters. The van der Waals surface area contributed by atoms with Gasteiger partial charge in [0.15, 0.2) is 5.88 Å². The van der Waals surface area contributed by atoms with Crippen molar-refractivity contribution in [2.45, 2.75) is 162 Å². The van der Waals surface area contributed by atoms with Crippen LogP contribution in [0.15, 0.2) is 144 Å². The van der Waals surface area contributed by atoms with E-state index in [1.165, 1.54) is 112 Å². The van der Waals surface area contributed by atoms with Crippen LogP contribution in [0.3, 0.4) is 0 Å². The van der Waals surface area contributed by atoms with Crippen LogP contribution < -0.4 is 20.6 Å². The first kappa shape index (κ1) is 47.7. The monoisotopic (exact) mass is 959 g/mol. The van der Waals surface area contributed by atoms with E-state index in [2.05, 4.69) is 246 Å². The molecule has 12 rings (SSSR count). The zero-order chi connectivity index (χ0) is 51.4. The normalized spacial score (nSPS) is 17.9. The molecule has 0 bridgehead atoms. The Hall–Kier alpha value is -6.26. The Morgan fingerprint density at radius 1 is 0.466 bits per heavy atom. The first-order valence-corrected chi connectivity index (χ1v) is 27.3. The Morgan fingerprint density at radius 3 is 1.67 bits per heavy atom. The van der Waals surface area contributed by atoms with Crippen molar-refractivity contribution in [2.24, 2.45) is 0 Å². The van der Waals surface area contributed by atoms with Crippen LogP contribution in [0.1, 0.15) is 162 Å². The number of hydrogen-bond donors (Lipinski definition) is 0. The van der Waals surface area contributed by atoms with Crippen molar-refractivity contribution in [3.05, 3.63) is 178 Å². The lowest BCUT2D eigenvalue weighted by Crippen LogP contribution is -2.61. The van der Waals surface area contributed by atoms with Crippen LogP contribution in [-0.4, -0.2) is 6.85 Å². The topological polar surface area (TPSA) is 19.6 Å².